The number of amides is 2. The Labute approximate surface area is 152 Å². The predicted octanol–water partition coefficient (Wildman–Crippen LogP) is 3.62. The average molecular weight is 357 g/mol. The summed E-state index contributed by atoms with van der Waals surface area (Å²) in [5, 5.41) is 9.32. The number of hydrogen-bond acceptors (Lipinski definition) is 5. The van der Waals surface area contributed by atoms with Crippen molar-refractivity contribution in [1.29, 1.82) is 0 Å². The molecule has 1 aromatic heterocycles. The molecule has 2 aromatic rings. The van der Waals surface area contributed by atoms with E-state index >= 15 is 0 Å². The zero-order valence-corrected chi connectivity index (χ0v) is 15.3. The maximum absolute atomic E-state index is 12.4. The highest BCUT2D eigenvalue weighted by Gasteiger charge is 2.40. The Morgan fingerprint density at radius 3 is 2.69 bits per heavy atom. The van der Waals surface area contributed by atoms with Crippen molar-refractivity contribution in [2.24, 2.45) is 0 Å². The fourth-order valence-corrected chi connectivity index (χ4v) is 2.71. The van der Waals surface area contributed by atoms with Crippen molar-refractivity contribution in [3.8, 4) is 0 Å². The fourth-order valence-electron chi connectivity index (χ4n) is 2.71. The van der Waals surface area contributed by atoms with E-state index in [0.717, 1.165) is 12.0 Å². The molecule has 7 nitrogen and oxygen atoms in total. The number of aromatic nitrogens is 1. The first-order valence-electron chi connectivity index (χ1n) is 8.55. The number of alkyl carbamates (subject to hydrolysis) is 1. The zero-order valence-electron chi connectivity index (χ0n) is 15.3. The molecule has 0 spiro atoms. The summed E-state index contributed by atoms with van der Waals surface area (Å²) in [6.07, 6.45) is 0.410. The molecule has 1 saturated carbocycles. The normalized spacial score (nSPS) is 18.9. The van der Waals surface area contributed by atoms with Crippen LogP contribution in [0.1, 0.15) is 54.8 Å². The Bertz CT molecular complexity index is 822. The molecule has 138 valence electrons. The van der Waals surface area contributed by atoms with E-state index in [1.54, 1.807) is 19.1 Å². The molecule has 2 amide bonds. The van der Waals surface area contributed by atoms with Crippen molar-refractivity contribution in [3.63, 3.8) is 0 Å². The largest absolute Gasteiger partial charge is 0.444 e. The second-order valence-corrected chi connectivity index (χ2v) is 7.50. The van der Waals surface area contributed by atoms with Gasteiger partial charge in [-0.15, -0.1) is 0 Å². The second-order valence-electron chi connectivity index (χ2n) is 7.50. The lowest BCUT2D eigenvalue weighted by molar-refractivity contribution is 0.0522. The third kappa shape index (κ3) is 4.62. The van der Waals surface area contributed by atoms with E-state index in [9.17, 15) is 9.59 Å². The summed E-state index contributed by atoms with van der Waals surface area (Å²) in [5.74, 6) is 0.943. The Morgan fingerprint density at radius 1 is 1.27 bits per heavy atom. The molecule has 0 aliphatic heterocycles. The summed E-state index contributed by atoms with van der Waals surface area (Å²) < 4.78 is 10.2. The van der Waals surface area contributed by atoms with Crippen molar-refractivity contribution in [2.75, 3.05) is 5.32 Å². The van der Waals surface area contributed by atoms with Crippen molar-refractivity contribution < 1.29 is 18.8 Å². The molecule has 26 heavy (non-hydrogen) atoms. The average Bonchev–Trinajstić information content (AvgIpc) is 3.18. The molecular formula is C19H23N3O4. The summed E-state index contributed by atoms with van der Waals surface area (Å²) in [5.41, 5.74) is 1.02. The minimum absolute atomic E-state index is 0.0290. The summed E-state index contributed by atoms with van der Waals surface area (Å²) in [7, 11) is 0. The number of hydrogen-bond donors (Lipinski definition) is 2. The number of benzene rings is 1. The van der Waals surface area contributed by atoms with Gasteiger partial charge in [-0.05, 0) is 51.8 Å². The van der Waals surface area contributed by atoms with Gasteiger partial charge >= 0.3 is 6.09 Å². The summed E-state index contributed by atoms with van der Waals surface area (Å²) in [6.45, 7) is 7.24. The van der Waals surface area contributed by atoms with Gasteiger partial charge < -0.3 is 19.9 Å². The van der Waals surface area contributed by atoms with Crippen LogP contribution >= 0.6 is 0 Å². The molecule has 1 aliphatic rings. The third-order valence-corrected chi connectivity index (χ3v) is 3.94. The van der Waals surface area contributed by atoms with Crippen molar-refractivity contribution in [2.45, 2.75) is 51.7 Å². The van der Waals surface area contributed by atoms with Gasteiger partial charge in [0.15, 0.2) is 5.82 Å². The van der Waals surface area contributed by atoms with Crippen LogP contribution in [-0.2, 0) is 4.74 Å². The standard InChI is InChI=1S/C19H23N3O4/c1-11-8-16(22-26-11)21-17(23)13-7-5-6-12(9-13)14-10-15(14)20-18(24)25-19(2,3)4/h5-9,14-15H,10H2,1-4H3,(H,20,24)(H,21,22,23)/t14-,15+/m0/s1. The maximum atomic E-state index is 12.4. The number of carbonyl (C=O) groups excluding carboxylic acids is 2. The van der Waals surface area contributed by atoms with Gasteiger partial charge in [0.05, 0.1) is 0 Å². The highest BCUT2D eigenvalue weighted by atomic mass is 16.6. The van der Waals surface area contributed by atoms with E-state index in [-0.39, 0.29) is 17.9 Å². The fraction of sp³-hybridized carbons (Fsp3) is 0.421. The van der Waals surface area contributed by atoms with Crippen LogP contribution in [0.25, 0.3) is 0 Å². The minimum atomic E-state index is -0.522. The lowest BCUT2D eigenvalue weighted by Crippen LogP contribution is -2.34. The van der Waals surface area contributed by atoms with Crippen LogP contribution in [0.5, 0.6) is 0 Å². The highest BCUT2D eigenvalue weighted by molar-refractivity contribution is 6.03. The SMILES string of the molecule is Cc1cc(NC(=O)c2cccc([C@@H]3C[C@H]3NC(=O)OC(C)(C)C)c2)no1. The zero-order chi connectivity index (χ0) is 18.9. The quantitative estimate of drug-likeness (QED) is 0.872. The van der Waals surface area contributed by atoms with E-state index in [2.05, 4.69) is 15.8 Å². The first-order valence-corrected chi connectivity index (χ1v) is 8.55. The molecule has 1 heterocycles. The number of rotatable bonds is 4. The number of carbonyl (C=O) groups is 2. The molecule has 1 aliphatic carbocycles. The Hall–Kier alpha value is -2.83. The van der Waals surface area contributed by atoms with Crippen molar-refractivity contribution >= 4 is 17.8 Å². The molecular weight excluding hydrogens is 334 g/mol. The molecule has 1 aromatic carbocycles. The van der Waals surface area contributed by atoms with E-state index in [1.165, 1.54) is 0 Å². The van der Waals surface area contributed by atoms with Gasteiger partial charge in [0.1, 0.15) is 11.4 Å². The van der Waals surface area contributed by atoms with Gasteiger partial charge in [0, 0.05) is 23.6 Å². The smallest absolute Gasteiger partial charge is 0.407 e. The monoisotopic (exact) mass is 357 g/mol. The summed E-state index contributed by atoms with van der Waals surface area (Å²) in [4.78, 5) is 24.2. The lowest BCUT2D eigenvalue weighted by atomic mass is 10.1. The molecule has 2 N–H and O–H groups in total. The molecule has 3 rings (SSSR count). The van der Waals surface area contributed by atoms with Crippen LogP contribution in [0.4, 0.5) is 10.6 Å². The topological polar surface area (TPSA) is 93.5 Å². The van der Waals surface area contributed by atoms with E-state index in [4.69, 9.17) is 9.26 Å². The number of ether oxygens (including phenoxy) is 1. The van der Waals surface area contributed by atoms with Crippen LogP contribution in [0, 0.1) is 6.92 Å². The van der Waals surface area contributed by atoms with Crippen LogP contribution in [0.15, 0.2) is 34.9 Å². The molecule has 0 radical (unpaired) electrons. The first kappa shape index (κ1) is 18.0. The number of anilines is 1. The number of nitrogens with zero attached hydrogens (tertiary/aromatic N) is 1. The lowest BCUT2D eigenvalue weighted by Gasteiger charge is -2.19. The number of aryl methyl sites for hydroxylation is 1. The Morgan fingerprint density at radius 2 is 2.04 bits per heavy atom. The predicted molar refractivity (Wildman–Crippen MR) is 96.2 cm³/mol. The van der Waals surface area contributed by atoms with E-state index in [0.29, 0.717) is 17.1 Å². The van der Waals surface area contributed by atoms with E-state index in [1.807, 2.05) is 39.0 Å². The Kier molecular flexibility index (Phi) is 4.71. The van der Waals surface area contributed by atoms with Crippen molar-refractivity contribution in [1.82, 2.24) is 10.5 Å². The van der Waals surface area contributed by atoms with Gasteiger partial charge in [-0.25, -0.2) is 4.79 Å². The molecule has 0 bridgehead atoms. The second kappa shape index (κ2) is 6.82. The van der Waals surface area contributed by atoms with Gasteiger partial charge in [-0.1, -0.05) is 17.3 Å². The highest BCUT2D eigenvalue weighted by Crippen LogP contribution is 2.41. The number of nitrogens with one attached hydrogen (secondary N) is 2. The van der Waals surface area contributed by atoms with Crippen LogP contribution in [0.3, 0.4) is 0 Å². The Balaban J connectivity index is 1.60. The molecule has 1 fully saturated rings. The van der Waals surface area contributed by atoms with Crippen LogP contribution in [-0.4, -0.2) is 28.8 Å². The third-order valence-electron chi connectivity index (χ3n) is 3.94. The van der Waals surface area contributed by atoms with Gasteiger partial charge in [0.25, 0.3) is 5.91 Å². The van der Waals surface area contributed by atoms with Gasteiger partial charge in [-0.3, -0.25) is 4.79 Å². The van der Waals surface area contributed by atoms with Crippen molar-refractivity contribution in [3.05, 3.63) is 47.2 Å². The van der Waals surface area contributed by atoms with Gasteiger partial charge in [0.2, 0.25) is 0 Å². The summed E-state index contributed by atoms with van der Waals surface area (Å²) >= 11 is 0. The van der Waals surface area contributed by atoms with Gasteiger partial charge in [-0.2, -0.15) is 0 Å². The summed E-state index contributed by atoms with van der Waals surface area (Å²) in [6, 6.07) is 9.05. The molecule has 7 heteroatoms. The van der Waals surface area contributed by atoms with Crippen LogP contribution < -0.4 is 10.6 Å². The maximum Gasteiger partial charge on any atom is 0.407 e. The molecule has 2 atom stereocenters. The molecule has 0 unspecified atom stereocenters. The molecule has 0 saturated heterocycles. The minimum Gasteiger partial charge on any atom is -0.444 e. The first-order chi connectivity index (χ1) is 12.2. The van der Waals surface area contributed by atoms with Crippen LogP contribution in [0.2, 0.25) is 0 Å². The van der Waals surface area contributed by atoms with E-state index < -0.39 is 11.7 Å².